The van der Waals surface area contributed by atoms with Crippen molar-refractivity contribution in [2.45, 2.75) is 131 Å². The van der Waals surface area contributed by atoms with E-state index in [9.17, 15) is 0 Å². The van der Waals surface area contributed by atoms with Gasteiger partial charge >= 0.3 is 0 Å². The first-order chi connectivity index (χ1) is 15.5. The highest BCUT2D eigenvalue weighted by atomic mass is 31.1. The SMILES string of the molecule is CC(C)(C)c1cc(C(C)(C)C)c2op(C(C)(C)C)oc3c(C(C)(C)C)cc(C(C)(C)C)cc3c2c1. The van der Waals surface area contributed by atoms with Crippen LogP contribution in [0.1, 0.15) is 126 Å². The van der Waals surface area contributed by atoms with E-state index in [0.29, 0.717) is 0 Å². The number of fused-ring (bicyclic) bond motifs is 3. The van der Waals surface area contributed by atoms with Gasteiger partial charge in [-0.2, -0.15) is 0 Å². The molecule has 2 nitrogen and oxygen atoms in total. The summed E-state index contributed by atoms with van der Waals surface area (Å²) in [5.74, 6) is 0. The molecule has 0 saturated heterocycles. The van der Waals surface area contributed by atoms with E-state index in [1.54, 1.807) is 0 Å². The molecule has 0 atom stereocenters. The van der Waals surface area contributed by atoms with Crippen LogP contribution in [0.25, 0.3) is 21.9 Å². The Kier molecular flexibility index (Phi) is 6.73. The van der Waals surface area contributed by atoms with Gasteiger partial charge in [-0.3, -0.25) is 0 Å². The number of rotatable bonds is 0. The van der Waals surface area contributed by atoms with Crippen molar-refractivity contribution in [3.63, 3.8) is 0 Å². The van der Waals surface area contributed by atoms with E-state index in [2.05, 4.69) is 128 Å². The second kappa shape index (κ2) is 8.44. The molecule has 0 aliphatic rings. The highest BCUT2D eigenvalue weighted by Gasteiger charge is 2.30. The Morgan fingerprint density at radius 3 is 1.00 bits per heavy atom. The van der Waals surface area contributed by atoms with E-state index >= 15 is 0 Å². The van der Waals surface area contributed by atoms with Gasteiger partial charge in [0, 0.05) is 21.9 Å². The third-order valence-corrected chi connectivity index (χ3v) is 8.50. The smallest absolute Gasteiger partial charge is 0.222 e. The van der Waals surface area contributed by atoms with Gasteiger partial charge in [0.05, 0.1) is 5.16 Å². The molecule has 3 rings (SSSR count). The van der Waals surface area contributed by atoms with Crippen LogP contribution in [0.4, 0.5) is 0 Å². The van der Waals surface area contributed by atoms with Crippen LogP contribution in [0, 0.1) is 0 Å². The predicted octanol–water partition coefficient (Wildman–Crippen LogP) is 11.2. The van der Waals surface area contributed by atoms with Crippen LogP contribution < -0.4 is 0 Å². The molecule has 0 aliphatic carbocycles. The van der Waals surface area contributed by atoms with E-state index in [4.69, 9.17) is 8.39 Å². The molecule has 0 saturated carbocycles. The molecule has 0 N–H and O–H groups in total. The van der Waals surface area contributed by atoms with Crippen molar-refractivity contribution in [2.75, 3.05) is 0 Å². The Morgan fingerprint density at radius 2 is 0.771 bits per heavy atom. The molecule has 35 heavy (non-hydrogen) atoms. The van der Waals surface area contributed by atoms with Crippen molar-refractivity contribution in [1.82, 2.24) is 0 Å². The van der Waals surface area contributed by atoms with Gasteiger partial charge < -0.3 is 8.39 Å². The normalized spacial score (nSPS) is 14.1. The van der Waals surface area contributed by atoms with Gasteiger partial charge in [0.2, 0.25) is 8.01 Å². The Balaban J connectivity index is 2.82. The van der Waals surface area contributed by atoms with Crippen LogP contribution in [-0.2, 0) is 26.8 Å². The van der Waals surface area contributed by atoms with Crippen molar-refractivity contribution < 1.29 is 8.39 Å². The summed E-state index contributed by atoms with van der Waals surface area (Å²) in [6, 6.07) is 9.48. The summed E-state index contributed by atoms with van der Waals surface area (Å²) in [5.41, 5.74) is 7.07. The number of hydrogen-bond acceptors (Lipinski definition) is 2. The number of benzene rings is 2. The molecule has 2 aromatic carbocycles. The van der Waals surface area contributed by atoms with Crippen molar-refractivity contribution >= 4 is 30.0 Å². The van der Waals surface area contributed by atoms with Crippen LogP contribution in [0.3, 0.4) is 0 Å². The van der Waals surface area contributed by atoms with Crippen LogP contribution in [0.2, 0.25) is 0 Å². The van der Waals surface area contributed by atoms with Gasteiger partial charge in [0.15, 0.2) is 0 Å². The average molecular weight is 497 g/mol. The Hall–Kier alpha value is -1.66. The van der Waals surface area contributed by atoms with Crippen LogP contribution in [0.5, 0.6) is 0 Å². The monoisotopic (exact) mass is 496 g/mol. The molecule has 0 aliphatic heterocycles. The standard InChI is InChI=1S/C32H49O2P/c1-28(2,3)20-16-22-23-17-21(29(4,5)6)19-25(31(10,11)12)27(23)34-35(32(13,14)15)33-26(22)24(18-20)30(7,8)9/h16-19H,1-15H3. The van der Waals surface area contributed by atoms with Crippen molar-refractivity contribution in [2.24, 2.45) is 0 Å². The summed E-state index contributed by atoms with van der Waals surface area (Å²) in [5, 5.41) is 2.20. The minimum absolute atomic E-state index is 0.0195. The first-order valence-electron chi connectivity index (χ1n) is 13.1. The van der Waals surface area contributed by atoms with Crippen LogP contribution in [0.15, 0.2) is 32.7 Å². The largest absolute Gasteiger partial charge is 0.418 e. The topological polar surface area (TPSA) is 26.3 Å². The molecule has 3 aromatic rings. The molecule has 1 heterocycles. The summed E-state index contributed by atoms with van der Waals surface area (Å²) < 4.78 is 13.9. The second-order valence-electron chi connectivity index (χ2n) is 15.4. The van der Waals surface area contributed by atoms with E-state index in [1.807, 2.05) is 0 Å². The lowest BCUT2D eigenvalue weighted by Gasteiger charge is -2.27. The third-order valence-electron chi connectivity index (χ3n) is 6.71. The fourth-order valence-electron chi connectivity index (χ4n) is 4.29. The highest BCUT2D eigenvalue weighted by Crippen LogP contribution is 2.50. The zero-order valence-corrected chi connectivity index (χ0v) is 26.0. The van der Waals surface area contributed by atoms with Gasteiger partial charge in [0.25, 0.3) is 0 Å². The molecular formula is C32H49O2P. The minimum atomic E-state index is -1.21. The fourth-order valence-corrected chi connectivity index (χ4v) is 5.60. The molecule has 0 amide bonds. The molecule has 0 unspecified atom stereocenters. The molecule has 194 valence electrons. The lowest BCUT2D eigenvalue weighted by atomic mass is 9.77. The second-order valence-corrected chi connectivity index (χ2v) is 17.6. The quantitative estimate of drug-likeness (QED) is 0.309. The maximum atomic E-state index is 6.96. The van der Waals surface area contributed by atoms with Crippen LogP contribution in [-0.4, -0.2) is 0 Å². The van der Waals surface area contributed by atoms with Crippen molar-refractivity contribution in [3.05, 3.63) is 46.5 Å². The summed E-state index contributed by atoms with van der Waals surface area (Å²) in [7, 11) is -1.21. The molecule has 0 spiro atoms. The maximum absolute atomic E-state index is 6.96. The Morgan fingerprint density at radius 1 is 0.457 bits per heavy atom. The summed E-state index contributed by atoms with van der Waals surface area (Å²) in [6.45, 7) is 34.2. The fraction of sp³-hybridized carbons (Fsp3) is 0.625. The number of hydrogen-bond donors (Lipinski definition) is 0. The first kappa shape index (κ1) is 27.9. The molecule has 3 heteroatoms. The summed E-state index contributed by atoms with van der Waals surface area (Å²) >= 11 is 0. The lowest BCUT2D eigenvalue weighted by Crippen LogP contribution is -2.17. The molecular weight excluding hydrogens is 447 g/mol. The zero-order chi connectivity index (χ0) is 26.9. The molecule has 0 radical (unpaired) electrons. The van der Waals surface area contributed by atoms with Gasteiger partial charge in [-0.15, -0.1) is 0 Å². The van der Waals surface area contributed by atoms with E-state index in [-0.39, 0.29) is 26.8 Å². The summed E-state index contributed by atoms with van der Waals surface area (Å²) in [4.78, 5) is 0. The van der Waals surface area contributed by atoms with Crippen molar-refractivity contribution in [3.8, 4) is 0 Å². The van der Waals surface area contributed by atoms with Gasteiger partial charge in [0.1, 0.15) is 11.2 Å². The zero-order valence-electron chi connectivity index (χ0n) is 25.1. The van der Waals surface area contributed by atoms with E-state index in [0.717, 1.165) is 11.2 Å². The van der Waals surface area contributed by atoms with Crippen LogP contribution >= 0.6 is 8.01 Å². The van der Waals surface area contributed by atoms with Gasteiger partial charge in [-0.1, -0.05) is 95.2 Å². The lowest BCUT2D eigenvalue weighted by molar-refractivity contribution is 0.535. The van der Waals surface area contributed by atoms with E-state index < -0.39 is 8.01 Å². The summed E-state index contributed by atoms with van der Waals surface area (Å²) in [6.07, 6.45) is 0. The predicted molar refractivity (Wildman–Crippen MR) is 156 cm³/mol. The molecule has 0 fully saturated rings. The van der Waals surface area contributed by atoms with Gasteiger partial charge in [-0.05, 0) is 65.7 Å². The molecule has 1 aromatic heterocycles. The minimum Gasteiger partial charge on any atom is -0.418 e. The van der Waals surface area contributed by atoms with Crippen molar-refractivity contribution in [1.29, 1.82) is 0 Å². The molecule has 0 bridgehead atoms. The average Bonchev–Trinajstić information content (AvgIpc) is 2.80. The maximum Gasteiger partial charge on any atom is 0.222 e. The third kappa shape index (κ3) is 5.69. The highest BCUT2D eigenvalue weighted by molar-refractivity contribution is 7.38. The van der Waals surface area contributed by atoms with E-state index in [1.165, 1.54) is 33.0 Å². The first-order valence-corrected chi connectivity index (χ1v) is 14.2. The Labute approximate surface area is 215 Å². The van der Waals surface area contributed by atoms with Gasteiger partial charge in [-0.25, -0.2) is 0 Å². The Bertz CT molecular complexity index is 1190.